The Morgan fingerprint density at radius 1 is 1.23 bits per heavy atom. The summed E-state index contributed by atoms with van der Waals surface area (Å²) in [6, 6.07) is 6.12. The molecule has 3 atom stereocenters. The van der Waals surface area contributed by atoms with Crippen LogP contribution >= 0.6 is 0 Å². The first-order valence-corrected chi connectivity index (χ1v) is 9.87. The predicted octanol–water partition coefficient (Wildman–Crippen LogP) is 2.59. The van der Waals surface area contributed by atoms with Crippen LogP contribution in [0, 0.1) is 17.1 Å². The zero-order valence-electron chi connectivity index (χ0n) is 16.5. The maximum absolute atomic E-state index is 13.3. The summed E-state index contributed by atoms with van der Waals surface area (Å²) in [4.78, 5) is 33.2. The Morgan fingerprint density at radius 3 is 2.65 bits per heavy atom. The molecule has 154 valence electrons. The third-order valence-corrected chi connectivity index (χ3v) is 5.77. The molecule has 1 aliphatic carbocycles. The van der Waals surface area contributed by atoms with Gasteiger partial charge in [0.25, 0.3) is 5.56 Å². The monoisotopic (exact) mass is 416 g/mol. The number of nitrogens with zero attached hydrogens (tertiary/aromatic N) is 7. The summed E-state index contributed by atoms with van der Waals surface area (Å²) in [6.07, 6.45) is 6.25. The van der Waals surface area contributed by atoms with Crippen molar-refractivity contribution < 1.29 is 4.39 Å². The van der Waals surface area contributed by atoms with Crippen molar-refractivity contribution in [3.8, 4) is 6.07 Å². The number of nitrogens with one attached hydrogen (secondary N) is 1. The van der Waals surface area contributed by atoms with E-state index in [1.807, 2.05) is 6.07 Å². The van der Waals surface area contributed by atoms with Crippen LogP contribution in [0.1, 0.15) is 60.7 Å². The van der Waals surface area contributed by atoms with Crippen molar-refractivity contribution in [1.82, 2.24) is 34.7 Å². The molecule has 1 N–H and O–H groups in total. The highest BCUT2D eigenvalue weighted by molar-refractivity contribution is 5.80. The number of hydrogen-bond acceptors (Lipinski definition) is 7. The molecule has 0 aliphatic heterocycles. The molecule has 9 nitrogen and oxygen atoms in total. The second kappa shape index (κ2) is 7.36. The van der Waals surface area contributed by atoms with Gasteiger partial charge >= 0.3 is 0 Å². The van der Waals surface area contributed by atoms with Crippen LogP contribution in [0.5, 0.6) is 0 Å². The highest BCUT2D eigenvalue weighted by atomic mass is 19.1. The van der Waals surface area contributed by atoms with Gasteiger partial charge < -0.3 is 4.98 Å². The van der Waals surface area contributed by atoms with Gasteiger partial charge in [0.15, 0.2) is 11.3 Å². The van der Waals surface area contributed by atoms with E-state index in [-0.39, 0.29) is 22.9 Å². The molecule has 5 rings (SSSR count). The number of hydrogen-bond donors (Lipinski definition) is 1. The van der Waals surface area contributed by atoms with Gasteiger partial charge in [0.2, 0.25) is 0 Å². The fraction of sp³-hybridized carbons (Fsp3) is 0.286. The number of fused-ring (bicyclic) bond motifs is 1. The molecule has 0 saturated heterocycles. The van der Waals surface area contributed by atoms with E-state index in [0.29, 0.717) is 17.2 Å². The summed E-state index contributed by atoms with van der Waals surface area (Å²) in [5, 5.41) is 13.9. The normalized spacial score (nSPS) is 19.0. The largest absolute Gasteiger partial charge is 0.310 e. The molecule has 1 aliphatic rings. The van der Waals surface area contributed by atoms with Gasteiger partial charge in [-0.05, 0) is 38.0 Å². The minimum absolute atomic E-state index is 0.0131. The second-order valence-electron chi connectivity index (χ2n) is 7.53. The number of halogens is 1. The molecule has 0 bridgehead atoms. The van der Waals surface area contributed by atoms with Crippen molar-refractivity contribution in [3.05, 3.63) is 76.0 Å². The van der Waals surface area contributed by atoms with Crippen molar-refractivity contribution >= 4 is 11.0 Å². The minimum Gasteiger partial charge on any atom is -0.310 e. The van der Waals surface area contributed by atoms with Crippen molar-refractivity contribution in [3.63, 3.8) is 0 Å². The van der Waals surface area contributed by atoms with Gasteiger partial charge in [-0.15, -0.1) is 0 Å². The van der Waals surface area contributed by atoms with Crippen LogP contribution in [0.3, 0.4) is 0 Å². The molecule has 0 spiro atoms. The average molecular weight is 416 g/mol. The van der Waals surface area contributed by atoms with Crippen LogP contribution in [0.25, 0.3) is 11.0 Å². The molecule has 4 aromatic heterocycles. The number of rotatable bonds is 4. The van der Waals surface area contributed by atoms with Gasteiger partial charge in [-0.1, -0.05) is 0 Å². The summed E-state index contributed by atoms with van der Waals surface area (Å²) in [5.41, 5.74) is 0.411. The SMILES string of the molecule is CC(c1ccc(F)cn1)n1nc(C#N)c2c(=O)[nH]c([C@H]3CC[C@H]3c3ncccn3)nc21. The molecule has 4 heterocycles. The summed E-state index contributed by atoms with van der Waals surface area (Å²) >= 11 is 0. The van der Waals surface area contributed by atoms with E-state index in [2.05, 4.69) is 25.0 Å². The van der Waals surface area contributed by atoms with Gasteiger partial charge in [0, 0.05) is 24.2 Å². The van der Waals surface area contributed by atoms with Crippen LogP contribution < -0.4 is 5.56 Å². The van der Waals surface area contributed by atoms with E-state index >= 15 is 0 Å². The standard InChI is InChI=1S/C21H17FN8O/c1-11(15-6-3-12(22)10-26-15)30-20-17(16(9-23)29-30)21(31)28-19(27-20)14-5-4-13(14)18-24-7-2-8-25-18/h2-3,6-8,10-11,13-14H,4-5H2,1H3,(H,27,28,31)/t11?,13-,14+/m1/s1. The van der Waals surface area contributed by atoms with Gasteiger partial charge in [-0.2, -0.15) is 10.4 Å². The molecule has 10 heteroatoms. The van der Waals surface area contributed by atoms with Crippen molar-refractivity contribution in [1.29, 1.82) is 5.26 Å². The Hall–Kier alpha value is -4.00. The van der Waals surface area contributed by atoms with Gasteiger partial charge in [0.1, 0.15) is 28.9 Å². The molecule has 4 aromatic rings. The number of pyridine rings is 1. The van der Waals surface area contributed by atoms with E-state index in [9.17, 15) is 14.4 Å². The van der Waals surface area contributed by atoms with Gasteiger partial charge in [-0.25, -0.2) is 24.0 Å². The maximum Gasteiger partial charge on any atom is 0.263 e. The summed E-state index contributed by atoms with van der Waals surface area (Å²) in [7, 11) is 0. The number of aromatic nitrogens is 7. The Morgan fingerprint density at radius 2 is 2.00 bits per heavy atom. The topological polar surface area (TPSA) is 126 Å². The first-order chi connectivity index (χ1) is 15.1. The Labute approximate surface area is 175 Å². The van der Waals surface area contributed by atoms with Crippen LogP contribution in [-0.4, -0.2) is 34.7 Å². The highest BCUT2D eigenvalue weighted by Gasteiger charge is 2.37. The lowest BCUT2D eigenvalue weighted by atomic mass is 9.72. The van der Waals surface area contributed by atoms with Crippen LogP contribution in [0.2, 0.25) is 0 Å². The molecular formula is C21H17FN8O. The molecule has 31 heavy (non-hydrogen) atoms. The summed E-state index contributed by atoms with van der Waals surface area (Å²) in [5.74, 6) is 0.815. The molecule has 1 fully saturated rings. The molecule has 0 amide bonds. The van der Waals surface area contributed by atoms with Crippen molar-refractivity contribution in [2.75, 3.05) is 0 Å². The van der Waals surface area contributed by atoms with E-state index in [4.69, 9.17) is 4.98 Å². The van der Waals surface area contributed by atoms with E-state index < -0.39 is 17.4 Å². The third-order valence-electron chi connectivity index (χ3n) is 5.77. The second-order valence-corrected chi connectivity index (χ2v) is 7.53. The van der Waals surface area contributed by atoms with E-state index in [1.54, 1.807) is 31.5 Å². The smallest absolute Gasteiger partial charge is 0.263 e. The Kier molecular flexibility index (Phi) is 4.51. The zero-order chi connectivity index (χ0) is 21.5. The number of nitriles is 1. The average Bonchev–Trinajstić information content (AvgIpc) is 3.13. The fourth-order valence-electron chi connectivity index (χ4n) is 3.98. The van der Waals surface area contributed by atoms with Crippen LogP contribution in [-0.2, 0) is 0 Å². The van der Waals surface area contributed by atoms with E-state index in [0.717, 1.165) is 24.9 Å². The predicted molar refractivity (Wildman–Crippen MR) is 108 cm³/mol. The van der Waals surface area contributed by atoms with Gasteiger partial charge in [-0.3, -0.25) is 9.78 Å². The minimum atomic E-state index is -0.456. The van der Waals surface area contributed by atoms with Crippen LogP contribution in [0.4, 0.5) is 4.39 Å². The lowest BCUT2D eigenvalue weighted by molar-refractivity contribution is 0.318. The molecule has 1 unspecified atom stereocenters. The zero-order valence-corrected chi connectivity index (χ0v) is 16.5. The number of aromatic amines is 1. The van der Waals surface area contributed by atoms with Gasteiger partial charge in [0.05, 0.1) is 17.9 Å². The Bertz CT molecular complexity index is 1360. The lowest BCUT2D eigenvalue weighted by Crippen LogP contribution is -2.28. The lowest BCUT2D eigenvalue weighted by Gasteiger charge is -2.34. The first-order valence-electron chi connectivity index (χ1n) is 9.87. The highest BCUT2D eigenvalue weighted by Crippen LogP contribution is 2.46. The fourth-order valence-corrected chi connectivity index (χ4v) is 3.98. The molecule has 0 aromatic carbocycles. The van der Waals surface area contributed by atoms with E-state index in [1.165, 1.54) is 10.7 Å². The summed E-state index contributed by atoms with van der Waals surface area (Å²) in [6.45, 7) is 1.81. The third kappa shape index (κ3) is 3.15. The van der Waals surface area contributed by atoms with Crippen molar-refractivity contribution in [2.45, 2.75) is 37.6 Å². The molecular weight excluding hydrogens is 399 g/mol. The quantitative estimate of drug-likeness (QED) is 0.542. The van der Waals surface area contributed by atoms with Crippen LogP contribution in [0.15, 0.2) is 41.6 Å². The Balaban J connectivity index is 1.61. The van der Waals surface area contributed by atoms with Crippen molar-refractivity contribution in [2.24, 2.45) is 0 Å². The first kappa shape index (κ1) is 19.0. The molecule has 0 radical (unpaired) electrons. The maximum atomic E-state index is 13.3. The number of H-pyrrole nitrogens is 1. The molecule has 1 saturated carbocycles. The summed E-state index contributed by atoms with van der Waals surface area (Å²) < 4.78 is 14.8.